The number of rotatable bonds is 10. The third kappa shape index (κ3) is 6.46. The normalized spacial score (nSPS) is 11.1. The van der Waals surface area contributed by atoms with Gasteiger partial charge in [0.05, 0.1) is 31.3 Å². The number of nitrogens with one attached hydrogen (secondary N) is 1. The van der Waals surface area contributed by atoms with Gasteiger partial charge in [0, 0.05) is 43.7 Å². The molecule has 3 rings (SSSR count). The number of carbonyl (C=O) groups is 1. The van der Waals surface area contributed by atoms with Crippen molar-refractivity contribution in [1.29, 1.82) is 0 Å². The van der Waals surface area contributed by atoms with Crippen LogP contribution in [0, 0.1) is 11.6 Å². The molecule has 3 aromatic rings. The van der Waals surface area contributed by atoms with Crippen molar-refractivity contribution in [2.24, 2.45) is 0 Å². The van der Waals surface area contributed by atoms with Crippen LogP contribution in [0.3, 0.4) is 0 Å². The number of carbonyl (C=O) groups excluding carboxylic acids is 1. The Hall–Kier alpha value is -3.57. The van der Waals surface area contributed by atoms with E-state index in [1.54, 1.807) is 14.1 Å². The predicted octanol–water partition coefficient (Wildman–Crippen LogP) is 4.69. The van der Waals surface area contributed by atoms with Gasteiger partial charge in [-0.25, -0.2) is 22.0 Å². The Balaban J connectivity index is 2.13. The van der Waals surface area contributed by atoms with Gasteiger partial charge in [0.15, 0.2) is 11.5 Å². The zero-order valence-electron chi connectivity index (χ0n) is 21.3. The highest BCUT2D eigenvalue weighted by Gasteiger charge is 2.29. The third-order valence-corrected chi connectivity index (χ3v) is 7.72. The number of benzene rings is 3. The molecular weight excluding hydrogens is 540 g/mol. The second-order valence-corrected chi connectivity index (χ2v) is 10.7. The fourth-order valence-corrected chi connectivity index (χ4v) is 5.44. The van der Waals surface area contributed by atoms with Gasteiger partial charge in [-0.1, -0.05) is 17.7 Å². The molecule has 0 saturated heterocycles. The Morgan fingerprint density at radius 3 is 2.24 bits per heavy atom. The first kappa shape index (κ1) is 29.0. The Morgan fingerprint density at radius 2 is 1.63 bits per heavy atom. The molecule has 0 saturated carbocycles. The fraction of sp³-hybridized carbons (Fsp3) is 0.269. The van der Waals surface area contributed by atoms with Crippen molar-refractivity contribution < 1.29 is 31.5 Å². The standard InChI is InChI=1S/C26H28ClF2N3O5S/c1-31(2)26(33)30-12-13-32(38(34,35)19-9-11-24(36-3)25(16-19)37-4)23-10-8-18(27)14-17(23)15-20-21(28)6-5-7-22(20)29/h5-11,14,16H,12-13,15H2,1-4H3,(H,30,33). The van der Waals surface area contributed by atoms with E-state index in [-0.39, 0.29) is 52.0 Å². The maximum atomic E-state index is 14.5. The van der Waals surface area contributed by atoms with Gasteiger partial charge in [-0.2, -0.15) is 0 Å². The molecular formula is C26H28ClF2N3O5S. The predicted molar refractivity (Wildman–Crippen MR) is 142 cm³/mol. The van der Waals surface area contributed by atoms with Crippen molar-refractivity contribution in [2.75, 3.05) is 45.7 Å². The largest absolute Gasteiger partial charge is 0.493 e. The van der Waals surface area contributed by atoms with Gasteiger partial charge in [-0.15, -0.1) is 0 Å². The molecule has 3 aromatic carbocycles. The van der Waals surface area contributed by atoms with Gasteiger partial charge >= 0.3 is 6.03 Å². The monoisotopic (exact) mass is 567 g/mol. The quantitative estimate of drug-likeness (QED) is 0.384. The topological polar surface area (TPSA) is 88.2 Å². The van der Waals surface area contributed by atoms with Crippen LogP contribution in [0.4, 0.5) is 19.3 Å². The maximum Gasteiger partial charge on any atom is 0.316 e. The van der Waals surface area contributed by atoms with Crippen LogP contribution in [0.2, 0.25) is 5.02 Å². The van der Waals surface area contributed by atoms with Crippen molar-refractivity contribution in [1.82, 2.24) is 10.2 Å². The molecule has 0 unspecified atom stereocenters. The molecule has 0 aliphatic carbocycles. The summed E-state index contributed by atoms with van der Waals surface area (Å²) in [6.45, 7) is -0.246. The smallest absolute Gasteiger partial charge is 0.316 e. The summed E-state index contributed by atoms with van der Waals surface area (Å²) in [4.78, 5) is 13.3. The highest BCUT2D eigenvalue weighted by molar-refractivity contribution is 7.92. The number of urea groups is 1. The lowest BCUT2D eigenvalue weighted by molar-refractivity contribution is 0.218. The maximum absolute atomic E-state index is 14.5. The molecule has 2 amide bonds. The number of anilines is 1. The van der Waals surface area contributed by atoms with Crippen LogP contribution < -0.4 is 19.1 Å². The molecule has 0 fully saturated rings. The number of halogens is 3. The van der Waals surface area contributed by atoms with E-state index >= 15 is 0 Å². The summed E-state index contributed by atoms with van der Waals surface area (Å²) in [5.74, 6) is -1.02. The summed E-state index contributed by atoms with van der Waals surface area (Å²) in [5, 5.41) is 2.89. The number of amides is 2. The van der Waals surface area contributed by atoms with Crippen molar-refractivity contribution in [2.45, 2.75) is 11.3 Å². The molecule has 0 aromatic heterocycles. The van der Waals surface area contributed by atoms with E-state index < -0.39 is 27.7 Å². The van der Waals surface area contributed by atoms with E-state index in [0.717, 1.165) is 16.4 Å². The average Bonchev–Trinajstić information content (AvgIpc) is 2.88. The number of ether oxygens (including phenoxy) is 2. The Morgan fingerprint density at radius 1 is 0.974 bits per heavy atom. The van der Waals surface area contributed by atoms with Crippen LogP contribution in [0.15, 0.2) is 59.5 Å². The van der Waals surface area contributed by atoms with Crippen LogP contribution in [0.5, 0.6) is 11.5 Å². The van der Waals surface area contributed by atoms with Crippen molar-refractivity contribution in [3.05, 3.63) is 82.4 Å². The Labute approximate surface area is 225 Å². The summed E-state index contributed by atoms with van der Waals surface area (Å²) in [7, 11) is 1.63. The fourth-order valence-electron chi connectivity index (χ4n) is 3.73. The number of hydrogen-bond donors (Lipinski definition) is 1. The van der Waals surface area contributed by atoms with E-state index in [1.165, 1.54) is 61.6 Å². The van der Waals surface area contributed by atoms with Crippen molar-refractivity contribution in [3.63, 3.8) is 0 Å². The van der Waals surface area contributed by atoms with Gasteiger partial charge in [-0.05, 0) is 48.0 Å². The molecule has 0 spiro atoms. The highest BCUT2D eigenvalue weighted by atomic mass is 35.5. The van der Waals surface area contributed by atoms with E-state index in [1.807, 2.05) is 0 Å². The lowest BCUT2D eigenvalue weighted by Gasteiger charge is -2.28. The van der Waals surface area contributed by atoms with Crippen molar-refractivity contribution in [3.8, 4) is 11.5 Å². The lowest BCUT2D eigenvalue weighted by Crippen LogP contribution is -2.42. The van der Waals surface area contributed by atoms with E-state index in [4.69, 9.17) is 21.1 Å². The van der Waals surface area contributed by atoms with Gasteiger partial charge in [-0.3, -0.25) is 4.31 Å². The molecule has 204 valence electrons. The van der Waals surface area contributed by atoms with Gasteiger partial charge in [0.25, 0.3) is 10.0 Å². The molecule has 0 aliphatic rings. The first-order valence-corrected chi connectivity index (χ1v) is 13.2. The molecule has 0 atom stereocenters. The summed E-state index contributed by atoms with van der Waals surface area (Å²) in [6.07, 6.45) is -0.267. The second kappa shape index (κ2) is 12.3. The minimum absolute atomic E-state index is 0.0559. The average molecular weight is 568 g/mol. The van der Waals surface area contributed by atoms with E-state index in [9.17, 15) is 22.0 Å². The molecule has 12 heteroatoms. The first-order valence-electron chi connectivity index (χ1n) is 11.4. The van der Waals surface area contributed by atoms with Gasteiger partial charge < -0.3 is 19.7 Å². The SMILES string of the molecule is COc1ccc(S(=O)(=O)N(CCNC(=O)N(C)C)c2ccc(Cl)cc2Cc2c(F)cccc2F)cc1OC. The van der Waals surface area contributed by atoms with E-state index in [0.29, 0.717) is 5.75 Å². The highest BCUT2D eigenvalue weighted by Crippen LogP contribution is 2.35. The number of hydrogen-bond acceptors (Lipinski definition) is 5. The minimum Gasteiger partial charge on any atom is -0.493 e. The van der Waals surface area contributed by atoms with E-state index in [2.05, 4.69) is 5.32 Å². The molecule has 0 heterocycles. The molecule has 8 nitrogen and oxygen atoms in total. The van der Waals surface area contributed by atoms with Crippen molar-refractivity contribution >= 4 is 33.3 Å². The van der Waals surface area contributed by atoms with Crippen LogP contribution in [0.25, 0.3) is 0 Å². The first-order chi connectivity index (χ1) is 18.0. The summed E-state index contributed by atoms with van der Waals surface area (Å²) < 4.78 is 68.5. The summed E-state index contributed by atoms with van der Waals surface area (Å²) >= 11 is 6.20. The Kier molecular flexibility index (Phi) is 9.40. The minimum atomic E-state index is -4.28. The molecule has 38 heavy (non-hydrogen) atoms. The van der Waals surface area contributed by atoms with Gasteiger partial charge in [0.2, 0.25) is 0 Å². The van der Waals surface area contributed by atoms with Gasteiger partial charge in [0.1, 0.15) is 11.6 Å². The van der Waals surface area contributed by atoms with Crippen LogP contribution in [0.1, 0.15) is 11.1 Å². The number of sulfonamides is 1. The zero-order chi connectivity index (χ0) is 28.0. The van der Waals surface area contributed by atoms with Crippen LogP contribution >= 0.6 is 11.6 Å². The molecule has 0 radical (unpaired) electrons. The van der Waals surface area contributed by atoms with Crippen LogP contribution in [-0.2, 0) is 16.4 Å². The Bertz CT molecular complexity index is 1400. The number of methoxy groups -OCH3 is 2. The molecule has 0 aliphatic heterocycles. The lowest BCUT2D eigenvalue weighted by atomic mass is 10.0. The number of nitrogens with zero attached hydrogens (tertiary/aromatic N) is 2. The third-order valence-electron chi connectivity index (χ3n) is 5.68. The van der Waals surface area contributed by atoms with Crippen LogP contribution in [-0.4, -0.2) is 60.8 Å². The summed E-state index contributed by atoms with van der Waals surface area (Å²) in [6, 6.07) is 11.6. The second-order valence-electron chi connectivity index (χ2n) is 8.37. The molecule has 1 N–H and O–H groups in total. The molecule has 0 bridgehead atoms. The summed E-state index contributed by atoms with van der Waals surface area (Å²) in [5.41, 5.74) is 0.177. The zero-order valence-corrected chi connectivity index (χ0v) is 22.9.